The van der Waals surface area contributed by atoms with Crippen molar-refractivity contribution in [1.29, 1.82) is 0 Å². The summed E-state index contributed by atoms with van der Waals surface area (Å²) in [5.74, 6) is -0.00148. The van der Waals surface area contributed by atoms with Gasteiger partial charge in [0.05, 0.1) is 17.1 Å². The lowest BCUT2D eigenvalue weighted by Crippen LogP contribution is -2.56. The van der Waals surface area contributed by atoms with Crippen LogP contribution in [-0.2, 0) is 4.79 Å². The lowest BCUT2D eigenvalue weighted by Gasteiger charge is -2.35. The zero-order valence-electron chi connectivity index (χ0n) is 10.5. The first kappa shape index (κ1) is 13.5. The molecule has 0 aliphatic heterocycles. The Labute approximate surface area is 97.6 Å². The maximum absolute atomic E-state index is 12.2. The van der Waals surface area contributed by atoms with Crippen LogP contribution < -0.4 is 11.1 Å². The summed E-state index contributed by atoms with van der Waals surface area (Å²) < 4.78 is 0. The van der Waals surface area contributed by atoms with E-state index in [1.54, 1.807) is 6.92 Å². The predicted octanol–water partition coefficient (Wildman–Crippen LogP) is 0.781. The predicted molar refractivity (Wildman–Crippen MR) is 63.9 cm³/mol. The van der Waals surface area contributed by atoms with Gasteiger partial charge in [-0.15, -0.1) is 0 Å². The highest BCUT2D eigenvalue weighted by Crippen LogP contribution is 2.37. The summed E-state index contributed by atoms with van der Waals surface area (Å²) in [6.45, 7) is 5.74. The molecule has 1 atom stereocenters. The Morgan fingerprint density at radius 3 is 2.38 bits per heavy atom. The van der Waals surface area contributed by atoms with E-state index in [1.165, 1.54) is 0 Å². The van der Waals surface area contributed by atoms with Gasteiger partial charge in [0, 0.05) is 6.54 Å². The number of aliphatic hydroxyl groups is 1. The van der Waals surface area contributed by atoms with E-state index in [1.807, 2.05) is 13.8 Å². The van der Waals surface area contributed by atoms with Crippen molar-refractivity contribution < 1.29 is 9.90 Å². The standard InChI is InChI=1S/C12H24N2O2/c1-9(15)11(2,3)14-10(16)12(8-13)6-4-5-7-12/h9,15H,4-8,13H2,1-3H3,(H,14,16). The van der Waals surface area contributed by atoms with Crippen molar-refractivity contribution in [3.63, 3.8) is 0 Å². The van der Waals surface area contributed by atoms with Gasteiger partial charge in [-0.3, -0.25) is 4.79 Å². The molecule has 0 heterocycles. The fourth-order valence-electron chi connectivity index (χ4n) is 2.11. The Balaban J connectivity index is 2.70. The van der Waals surface area contributed by atoms with Gasteiger partial charge in [-0.05, 0) is 33.6 Å². The zero-order valence-corrected chi connectivity index (χ0v) is 10.5. The molecule has 1 aliphatic rings. The third-order valence-corrected chi connectivity index (χ3v) is 3.91. The van der Waals surface area contributed by atoms with Crippen LogP contribution in [0.3, 0.4) is 0 Å². The maximum atomic E-state index is 12.2. The molecule has 1 saturated carbocycles. The largest absolute Gasteiger partial charge is 0.391 e. The van der Waals surface area contributed by atoms with E-state index in [0.717, 1.165) is 25.7 Å². The minimum absolute atomic E-state index is 0.00148. The topological polar surface area (TPSA) is 75.3 Å². The van der Waals surface area contributed by atoms with Gasteiger partial charge in [0.2, 0.25) is 5.91 Å². The fourth-order valence-corrected chi connectivity index (χ4v) is 2.11. The second kappa shape index (κ2) is 4.72. The Kier molecular flexibility index (Phi) is 3.97. The van der Waals surface area contributed by atoms with Gasteiger partial charge in [0.25, 0.3) is 0 Å². The van der Waals surface area contributed by atoms with Crippen molar-refractivity contribution in [3.8, 4) is 0 Å². The van der Waals surface area contributed by atoms with Gasteiger partial charge in [-0.25, -0.2) is 0 Å². The monoisotopic (exact) mass is 228 g/mol. The van der Waals surface area contributed by atoms with Crippen molar-refractivity contribution in [3.05, 3.63) is 0 Å². The van der Waals surface area contributed by atoms with Crippen molar-refractivity contribution in [2.45, 2.75) is 58.1 Å². The number of nitrogens with two attached hydrogens (primary N) is 1. The average molecular weight is 228 g/mol. The SMILES string of the molecule is CC(O)C(C)(C)NC(=O)C1(CN)CCCC1. The van der Waals surface area contributed by atoms with Crippen LogP contribution in [0.25, 0.3) is 0 Å². The smallest absolute Gasteiger partial charge is 0.227 e. The molecule has 0 radical (unpaired) electrons. The zero-order chi connectivity index (χ0) is 12.4. The average Bonchev–Trinajstić information content (AvgIpc) is 2.66. The number of aliphatic hydroxyl groups excluding tert-OH is 1. The highest BCUT2D eigenvalue weighted by molar-refractivity contribution is 5.83. The van der Waals surface area contributed by atoms with Crippen molar-refractivity contribution >= 4 is 5.91 Å². The van der Waals surface area contributed by atoms with Gasteiger partial charge in [0.15, 0.2) is 0 Å². The second-order valence-electron chi connectivity index (χ2n) is 5.54. The first-order valence-corrected chi connectivity index (χ1v) is 6.05. The van der Waals surface area contributed by atoms with Crippen LogP contribution in [-0.4, -0.2) is 29.2 Å². The van der Waals surface area contributed by atoms with E-state index in [9.17, 15) is 9.90 Å². The molecular weight excluding hydrogens is 204 g/mol. The third kappa shape index (κ3) is 2.55. The number of rotatable bonds is 4. The number of hydrogen-bond acceptors (Lipinski definition) is 3. The van der Waals surface area contributed by atoms with Crippen LogP contribution >= 0.6 is 0 Å². The van der Waals surface area contributed by atoms with Gasteiger partial charge in [-0.2, -0.15) is 0 Å². The maximum Gasteiger partial charge on any atom is 0.227 e. The molecule has 4 nitrogen and oxygen atoms in total. The van der Waals surface area contributed by atoms with Crippen molar-refractivity contribution in [2.24, 2.45) is 11.1 Å². The molecule has 1 amide bonds. The molecule has 0 saturated heterocycles. The van der Waals surface area contributed by atoms with Crippen LogP contribution in [0, 0.1) is 5.41 Å². The Morgan fingerprint density at radius 2 is 2.00 bits per heavy atom. The van der Waals surface area contributed by atoms with Gasteiger partial charge in [0.1, 0.15) is 0 Å². The minimum atomic E-state index is -0.595. The number of carbonyl (C=O) groups excluding carboxylic acids is 1. The van der Waals surface area contributed by atoms with Crippen LogP contribution in [0.15, 0.2) is 0 Å². The van der Waals surface area contributed by atoms with E-state index >= 15 is 0 Å². The molecule has 0 bridgehead atoms. The summed E-state index contributed by atoms with van der Waals surface area (Å²) in [6.07, 6.45) is 3.29. The molecule has 1 rings (SSSR count). The normalized spacial score (nSPS) is 21.8. The molecule has 0 spiro atoms. The molecule has 1 unspecified atom stereocenters. The Bertz CT molecular complexity index is 256. The first-order chi connectivity index (χ1) is 7.34. The summed E-state index contributed by atoms with van der Waals surface area (Å²) in [5, 5.41) is 12.5. The first-order valence-electron chi connectivity index (χ1n) is 6.05. The fraction of sp³-hybridized carbons (Fsp3) is 0.917. The second-order valence-corrected chi connectivity index (χ2v) is 5.54. The summed E-state index contributed by atoms with van der Waals surface area (Å²) in [4.78, 5) is 12.2. The van der Waals surface area contributed by atoms with E-state index in [4.69, 9.17) is 5.73 Å². The minimum Gasteiger partial charge on any atom is -0.391 e. The van der Waals surface area contributed by atoms with Crippen LogP contribution in [0.4, 0.5) is 0 Å². The Hall–Kier alpha value is -0.610. The molecule has 1 aliphatic carbocycles. The van der Waals surface area contributed by atoms with Gasteiger partial charge in [-0.1, -0.05) is 12.8 Å². The van der Waals surface area contributed by atoms with Crippen LogP contribution in [0.5, 0.6) is 0 Å². The molecule has 0 aromatic rings. The van der Waals surface area contributed by atoms with Crippen molar-refractivity contribution in [1.82, 2.24) is 5.32 Å². The lowest BCUT2D eigenvalue weighted by molar-refractivity contribution is -0.133. The highest BCUT2D eigenvalue weighted by Gasteiger charge is 2.42. The molecule has 4 N–H and O–H groups in total. The number of hydrogen-bond donors (Lipinski definition) is 3. The number of carbonyl (C=O) groups is 1. The van der Waals surface area contributed by atoms with E-state index in [0.29, 0.717) is 6.54 Å². The molecule has 1 fully saturated rings. The van der Waals surface area contributed by atoms with Gasteiger partial charge < -0.3 is 16.2 Å². The number of amides is 1. The third-order valence-electron chi connectivity index (χ3n) is 3.91. The molecule has 4 heteroatoms. The van der Waals surface area contributed by atoms with Crippen molar-refractivity contribution in [2.75, 3.05) is 6.54 Å². The summed E-state index contributed by atoms with van der Waals surface area (Å²) in [6, 6.07) is 0. The van der Waals surface area contributed by atoms with Crippen LogP contribution in [0.2, 0.25) is 0 Å². The quantitative estimate of drug-likeness (QED) is 0.665. The molecule has 94 valence electrons. The molecule has 0 aromatic carbocycles. The van der Waals surface area contributed by atoms with E-state index in [2.05, 4.69) is 5.32 Å². The summed E-state index contributed by atoms with van der Waals surface area (Å²) in [5.41, 5.74) is 4.75. The highest BCUT2D eigenvalue weighted by atomic mass is 16.3. The molecular formula is C12H24N2O2. The van der Waals surface area contributed by atoms with Gasteiger partial charge >= 0.3 is 0 Å². The summed E-state index contributed by atoms with van der Waals surface area (Å²) in [7, 11) is 0. The Morgan fingerprint density at radius 1 is 1.50 bits per heavy atom. The molecule has 0 aromatic heterocycles. The summed E-state index contributed by atoms with van der Waals surface area (Å²) >= 11 is 0. The lowest BCUT2D eigenvalue weighted by atomic mass is 9.84. The van der Waals surface area contributed by atoms with E-state index < -0.39 is 17.1 Å². The molecule has 16 heavy (non-hydrogen) atoms. The van der Waals surface area contributed by atoms with Crippen LogP contribution in [0.1, 0.15) is 46.5 Å². The van der Waals surface area contributed by atoms with E-state index in [-0.39, 0.29) is 5.91 Å². The number of nitrogens with one attached hydrogen (secondary N) is 1.